The fourth-order valence-corrected chi connectivity index (χ4v) is 1.33. The summed E-state index contributed by atoms with van der Waals surface area (Å²) in [6, 6.07) is 0.246. The molecule has 0 spiro atoms. The maximum atomic E-state index is 13.4. The van der Waals surface area contributed by atoms with Gasteiger partial charge in [0.1, 0.15) is 11.6 Å². The second-order valence-corrected chi connectivity index (χ2v) is 4.38. The van der Waals surface area contributed by atoms with Crippen LogP contribution in [0.2, 0.25) is 0 Å². The lowest BCUT2D eigenvalue weighted by molar-refractivity contribution is -0.118. The first-order valence-corrected chi connectivity index (χ1v) is 5.52. The van der Waals surface area contributed by atoms with Gasteiger partial charge in [-0.05, 0) is 12.0 Å². The Morgan fingerprint density at radius 3 is 2.32 bits per heavy atom. The molecule has 0 aliphatic carbocycles. The third-order valence-corrected chi connectivity index (χ3v) is 2.57. The summed E-state index contributed by atoms with van der Waals surface area (Å²) in [6.07, 6.45) is 0. The predicted molar refractivity (Wildman–Crippen MR) is 64.8 cm³/mol. The number of aromatic carboxylic acids is 1. The maximum absolute atomic E-state index is 13.4. The van der Waals surface area contributed by atoms with E-state index in [4.69, 9.17) is 10.8 Å². The van der Waals surface area contributed by atoms with Gasteiger partial charge in [0, 0.05) is 6.07 Å². The van der Waals surface area contributed by atoms with E-state index in [1.165, 1.54) is 0 Å². The molecule has 0 radical (unpaired) electrons. The molecule has 0 aliphatic heterocycles. The van der Waals surface area contributed by atoms with Crippen molar-refractivity contribution in [3.8, 4) is 0 Å². The molecule has 0 bridgehead atoms. The van der Waals surface area contributed by atoms with E-state index in [1.807, 2.05) is 0 Å². The van der Waals surface area contributed by atoms with Gasteiger partial charge in [0.05, 0.1) is 17.3 Å². The van der Waals surface area contributed by atoms with Crippen molar-refractivity contribution in [1.82, 2.24) is 0 Å². The molecule has 0 heterocycles. The Morgan fingerprint density at radius 2 is 1.84 bits per heavy atom. The number of nitrogens with one attached hydrogen (secondary N) is 1. The molecule has 0 saturated heterocycles. The number of carboxylic acid groups (broad SMARTS) is 1. The number of carboxylic acids is 1. The van der Waals surface area contributed by atoms with E-state index in [1.54, 1.807) is 13.8 Å². The number of rotatable bonds is 4. The lowest BCUT2D eigenvalue weighted by Gasteiger charge is -2.16. The average molecular weight is 272 g/mol. The number of carbonyl (C=O) groups excluding carboxylic acids is 1. The minimum atomic E-state index is -1.55. The second-order valence-electron chi connectivity index (χ2n) is 4.38. The Hall–Kier alpha value is -2.02. The number of carbonyl (C=O) groups is 2. The summed E-state index contributed by atoms with van der Waals surface area (Å²) in [5.41, 5.74) is 4.42. The van der Waals surface area contributed by atoms with E-state index in [2.05, 4.69) is 5.32 Å². The standard InChI is InChI=1S/C12H14F2N2O3/c1-5(2)10(15)11(17)16-9-3-6(12(18)19)7(13)4-8(9)14/h3-5,10H,15H2,1-2H3,(H,16,17)(H,18,19)/t10-/m0/s1. The van der Waals surface area contributed by atoms with Gasteiger partial charge in [0.2, 0.25) is 5.91 Å². The van der Waals surface area contributed by atoms with Crippen molar-refractivity contribution in [3.63, 3.8) is 0 Å². The van der Waals surface area contributed by atoms with E-state index in [0.29, 0.717) is 6.07 Å². The topological polar surface area (TPSA) is 92.4 Å². The number of anilines is 1. The molecular weight excluding hydrogens is 258 g/mol. The zero-order chi connectivity index (χ0) is 14.7. The summed E-state index contributed by atoms with van der Waals surface area (Å²) in [6.45, 7) is 3.40. The predicted octanol–water partition coefficient (Wildman–Crippen LogP) is 1.58. The van der Waals surface area contributed by atoms with Crippen LogP contribution in [0.3, 0.4) is 0 Å². The zero-order valence-corrected chi connectivity index (χ0v) is 10.4. The minimum absolute atomic E-state index is 0.178. The van der Waals surface area contributed by atoms with Crippen LogP contribution >= 0.6 is 0 Å². The molecule has 1 rings (SSSR count). The van der Waals surface area contributed by atoms with Gasteiger partial charge < -0.3 is 16.2 Å². The van der Waals surface area contributed by atoms with Crippen LogP contribution in [-0.2, 0) is 4.79 Å². The monoisotopic (exact) mass is 272 g/mol. The summed E-state index contributed by atoms with van der Waals surface area (Å²) in [7, 11) is 0. The highest BCUT2D eigenvalue weighted by Gasteiger charge is 2.21. The van der Waals surface area contributed by atoms with Crippen molar-refractivity contribution in [3.05, 3.63) is 29.3 Å². The highest BCUT2D eigenvalue weighted by atomic mass is 19.1. The fraction of sp³-hybridized carbons (Fsp3) is 0.333. The van der Waals surface area contributed by atoms with Gasteiger partial charge in [-0.2, -0.15) is 0 Å². The Bertz CT molecular complexity index is 518. The van der Waals surface area contributed by atoms with E-state index >= 15 is 0 Å². The van der Waals surface area contributed by atoms with Crippen LogP contribution in [0.4, 0.5) is 14.5 Å². The van der Waals surface area contributed by atoms with E-state index in [0.717, 1.165) is 6.07 Å². The van der Waals surface area contributed by atoms with Crippen molar-refractivity contribution < 1.29 is 23.5 Å². The van der Waals surface area contributed by atoms with Crippen LogP contribution in [0.1, 0.15) is 24.2 Å². The average Bonchev–Trinajstić information content (AvgIpc) is 2.30. The van der Waals surface area contributed by atoms with Crippen molar-refractivity contribution in [2.75, 3.05) is 5.32 Å². The van der Waals surface area contributed by atoms with Crippen LogP contribution in [0.5, 0.6) is 0 Å². The molecule has 19 heavy (non-hydrogen) atoms. The van der Waals surface area contributed by atoms with Crippen LogP contribution in [0.25, 0.3) is 0 Å². The molecule has 0 saturated carbocycles. The third kappa shape index (κ3) is 3.47. The normalized spacial score (nSPS) is 12.3. The molecule has 104 valence electrons. The summed E-state index contributed by atoms with van der Waals surface area (Å²) in [5, 5.41) is 10.9. The number of halogens is 2. The minimum Gasteiger partial charge on any atom is -0.478 e. The second kappa shape index (κ2) is 5.75. The molecular formula is C12H14F2N2O3. The molecule has 7 heteroatoms. The van der Waals surface area contributed by atoms with E-state index in [9.17, 15) is 18.4 Å². The molecule has 4 N–H and O–H groups in total. The van der Waals surface area contributed by atoms with Gasteiger partial charge in [-0.15, -0.1) is 0 Å². The number of benzene rings is 1. The molecule has 0 fully saturated rings. The fourth-order valence-electron chi connectivity index (χ4n) is 1.33. The Morgan fingerprint density at radius 1 is 1.26 bits per heavy atom. The largest absolute Gasteiger partial charge is 0.478 e. The molecule has 1 aromatic rings. The summed E-state index contributed by atoms with van der Waals surface area (Å²) >= 11 is 0. The van der Waals surface area contributed by atoms with Crippen LogP contribution in [0, 0.1) is 17.6 Å². The van der Waals surface area contributed by atoms with Gasteiger partial charge in [0.25, 0.3) is 0 Å². The molecule has 0 aliphatic rings. The molecule has 1 atom stereocenters. The smallest absolute Gasteiger partial charge is 0.338 e. The Kier molecular flexibility index (Phi) is 4.55. The van der Waals surface area contributed by atoms with Gasteiger partial charge in [-0.3, -0.25) is 4.79 Å². The van der Waals surface area contributed by atoms with Gasteiger partial charge in [0.15, 0.2) is 0 Å². The Balaban J connectivity index is 3.05. The molecule has 5 nitrogen and oxygen atoms in total. The molecule has 0 aromatic heterocycles. The number of amides is 1. The van der Waals surface area contributed by atoms with Gasteiger partial charge in [-0.25, -0.2) is 13.6 Å². The van der Waals surface area contributed by atoms with Crippen LogP contribution in [-0.4, -0.2) is 23.0 Å². The SMILES string of the molecule is CC(C)[C@H](N)C(=O)Nc1cc(C(=O)O)c(F)cc1F. The number of hydrogen-bond donors (Lipinski definition) is 3. The maximum Gasteiger partial charge on any atom is 0.338 e. The summed E-state index contributed by atoms with van der Waals surface area (Å²) < 4.78 is 26.6. The Labute approximate surface area is 108 Å². The number of hydrogen-bond acceptors (Lipinski definition) is 3. The highest BCUT2D eigenvalue weighted by molar-refractivity contribution is 5.96. The van der Waals surface area contributed by atoms with Crippen LogP contribution in [0.15, 0.2) is 12.1 Å². The van der Waals surface area contributed by atoms with E-state index < -0.39 is 40.8 Å². The quantitative estimate of drug-likeness (QED) is 0.776. The first kappa shape index (κ1) is 15.0. The first-order chi connectivity index (χ1) is 8.73. The van der Waals surface area contributed by atoms with Crippen LogP contribution < -0.4 is 11.1 Å². The van der Waals surface area contributed by atoms with Crippen molar-refractivity contribution in [1.29, 1.82) is 0 Å². The summed E-state index contributed by atoms with van der Waals surface area (Å²) in [5.74, 6) is -4.68. The van der Waals surface area contributed by atoms with Gasteiger partial charge >= 0.3 is 5.97 Å². The summed E-state index contributed by atoms with van der Waals surface area (Å²) in [4.78, 5) is 22.3. The molecule has 1 aromatic carbocycles. The molecule has 0 unspecified atom stereocenters. The van der Waals surface area contributed by atoms with Crippen molar-refractivity contribution in [2.24, 2.45) is 11.7 Å². The highest BCUT2D eigenvalue weighted by Crippen LogP contribution is 2.20. The molecule has 1 amide bonds. The lowest BCUT2D eigenvalue weighted by atomic mass is 10.0. The van der Waals surface area contributed by atoms with Gasteiger partial charge in [-0.1, -0.05) is 13.8 Å². The number of nitrogens with two attached hydrogens (primary N) is 1. The third-order valence-electron chi connectivity index (χ3n) is 2.57. The zero-order valence-electron chi connectivity index (χ0n) is 10.4. The van der Waals surface area contributed by atoms with Crippen molar-refractivity contribution >= 4 is 17.6 Å². The van der Waals surface area contributed by atoms with E-state index in [-0.39, 0.29) is 5.92 Å². The first-order valence-electron chi connectivity index (χ1n) is 5.52. The van der Waals surface area contributed by atoms with Crippen molar-refractivity contribution in [2.45, 2.75) is 19.9 Å². The lowest BCUT2D eigenvalue weighted by Crippen LogP contribution is -2.40.